The van der Waals surface area contributed by atoms with Gasteiger partial charge in [-0.3, -0.25) is 4.84 Å². The van der Waals surface area contributed by atoms with Crippen molar-refractivity contribution in [3.8, 4) is 0 Å². The van der Waals surface area contributed by atoms with E-state index in [0.29, 0.717) is 5.00 Å². The van der Waals surface area contributed by atoms with Gasteiger partial charge >= 0.3 is 17.6 Å². The number of nitrogens with zero attached hydrogens (tertiary/aromatic N) is 1. The minimum atomic E-state index is -0.948. The number of hydroxylamine groups is 1. The number of halogens is 1. The Morgan fingerprint density at radius 3 is 2.19 bits per heavy atom. The molecule has 0 aliphatic rings. The van der Waals surface area contributed by atoms with E-state index in [0.717, 1.165) is 10.6 Å². The highest BCUT2D eigenvalue weighted by Crippen LogP contribution is 2.27. The molecular weight excluding hydrogens is 324 g/mol. The SMILES string of the molecule is CNC(=O)N(OC(=O)OC)c1sccc1C.COC(=O)Cl. The van der Waals surface area contributed by atoms with Gasteiger partial charge in [0.05, 0.1) is 14.2 Å². The van der Waals surface area contributed by atoms with Crippen LogP contribution in [0.1, 0.15) is 5.56 Å². The summed E-state index contributed by atoms with van der Waals surface area (Å²) >= 11 is 5.89. The van der Waals surface area contributed by atoms with Crippen molar-refractivity contribution in [2.24, 2.45) is 0 Å². The zero-order chi connectivity index (χ0) is 16.4. The number of nitrogens with one attached hydrogen (secondary N) is 1. The number of rotatable bonds is 1. The summed E-state index contributed by atoms with van der Waals surface area (Å²) in [6, 6.07) is 1.27. The molecule has 1 rings (SSSR count). The number of ether oxygens (including phenoxy) is 2. The first-order valence-corrected chi connectivity index (χ1v) is 6.68. The van der Waals surface area contributed by atoms with Crippen LogP contribution in [0.3, 0.4) is 0 Å². The van der Waals surface area contributed by atoms with E-state index < -0.39 is 17.6 Å². The van der Waals surface area contributed by atoms with Crippen molar-refractivity contribution >= 4 is 45.6 Å². The summed E-state index contributed by atoms with van der Waals surface area (Å²) in [6.45, 7) is 1.81. The van der Waals surface area contributed by atoms with E-state index in [2.05, 4.69) is 26.4 Å². The van der Waals surface area contributed by atoms with Gasteiger partial charge in [0.25, 0.3) is 0 Å². The highest BCUT2D eigenvalue weighted by Gasteiger charge is 2.22. The van der Waals surface area contributed by atoms with E-state index in [4.69, 9.17) is 4.84 Å². The number of anilines is 1. The zero-order valence-electron chi connectivity index (χ0n) is 11.8. The van der Waals surface area contributed by atoms with Gasteiger partial charge in [0.15, 0.2) is 0 Å². The molecule has 1 heterocycles. The van der Waals surface area contributed by atoms with Gasteiger partial charge in [-0.15, -0.1) is 16.4 Å². The Hall–Kier alpha value is -2.00. The molecule has 0 unspecified atom stereocenters. The van der Waals surface area contributed by atoms with Crippen molar-refractivity contribution in [1.82, 2.24) is 5.32 Å². The number of carbonyl (C=O) groups is 3. The molecule has 0 saturated carbocycles. The van der Waals surface area contributed by atoms with Crippen LogP contribution in [0.5, 0.6) is 0 Å². The van der Waals surface area contributed by atoms with Gasteiger partial charge in [-0.1, -0.05) is 0 Å². The third-order valence-electron chi connectivity index (χ3n) is 1.91. The summed E-state index contributed by atoms with van der Waals surface area (Å²) in [6.07, 6.45) is -0.948. The quantitative estimate of drug-likeness (QED) is 0.480. The van der Waals surface area contributed by atoms with Crippen LogP contribution in [0.4, 0.5) is 19.4 Å². The highest BCUT2D eigenvalue weighted by molar-refractivity contribution is 7.14. The molecule has 0 aliphatic carbocycles. The zero-order valence-corrected chi connectivity index (χ0v) is 13.4. The molecule has 0 saturated heterocycles. The normalized spacial score (nSPS) is 8.81. The largest absolute Gasteiger partial charge is 0.533 e. The topological polar surface area (TPSA) is 94.2 Å². The molecule has 8 nitrogen and oxygen atoms in total. The van der Waals surface area contributed by atoms with Gasteiger partial charge in [-0.2, -0.15) is 0 Å². The summed E-state index contributed by atoms with van der Waals surface area (Å²) in [4.78, 5) is 36.6. The van der Waals surface area contributed by atoms with E-state index in [9.17, 15) is 14.4 Å². The van der Waals surface area contributed by atoms with Crippen molar-refractivity contribution < 1.29 is 28.7 Å². The predicted molar refractivity (Wildman–Crippen MR) is 77.7 cm³/mol. The number of aryl methyl sites for hydroxylation is 1. The smallest absolute Gasteiger partial charge is 0.457 e. The molecule has 10 heteroatoms. The van der Waals surface area contributed by atoms with Crippen LogP contribution in [0, 0.1) is 6.92 Å². The monoisotopic (exact) mass is 338 g/mol. The summed E-state index contributed by atoms with van der Waals surface area (Å²) in [5.41, 5.74) is 0.0579. The average molecular weight is 339 g/mol. The number of thiophene rings is 1. The van der Waals surface area contributed by atoms with E-state index in [1.165, 1.54) is 32.6 Å². The van der Waals surface area contributed by atoms with Gasteiger partial charge in [0.1, 0.15) is 5.00 Å². The lowest BCUT2D eigenvalue weighted by Crippen LogP contribution is -2.39. The predicted octanol–water partition coefficient (Wildman–Crippen LogP) is 2.89. The fraction of sp³-hybridized carbons (Fsp3) is 0.364. The van der Waals surface area contributed by atoms with Crippen LogP contribution in [0.2, 0.25) is 0 Å². The molecule has 0 fully saturated rings. The molecule has 0 spiro atoms. The van der Waals surface area contributed by atoms with Gasteiger partial charge in [0, 0.05) is 18.6 Å². The van der Waals surface area contributed by atoms with E-state index in [1.807, 2.05) is 13.0 Å². The van der Waals surface area contributed by atoms with Gasteiger partial charge in [-0.25, -0.2) is 14.4 Å². The van der Waals surface area contributed by atoms with Crippen molar-refractivity contribution in [2.75, 3.05) is 26.3 Å². The van der Waals surface area contributed by atoms with Crippen molar-refractivity contribution in [3.05, 3.63) is 17.0 Å². The third-order valence-corrected chi connectivity index (χ3v) is 3.05. The van der Waals surface area contributed by atoms with Crippen molar-refractivity contribution in [2.45, 2.75) is 6.92 Å². The maximum Gasteiger partial charge on any atom is 0.533 e. The number of hydrogen-bond donors (Lipinski definition) is 1. The Morgan fingerprint density at radius 1 is 1.29 bits per heavy atom. The Bertz CT molecular complexity index is 493. The van der Waals surface area contributed by atoms with Gasteiger partial charge in [0.2, 0.25) is 0 Å². The Labute approximate surface area is 130 Å². The second-order valence-electron chi connectivity index (χ2n) is 3.25. The lowest BCUT2D eigenvalue weighted by molar-refractivity contribution is 0.0687. The summed E-state index contributed by atoms with van der Waals surface area (Å²) in [5, 5.41) is 5.56. The second-order valence-corrected chi connectivity index (χ2v) is 4.45. The molecule has 0 bridgehead atoms. The van der Waals surface area contributed by atoms with Crippen LogP contribution < -0.4 is 10.4 Å². The summed E-state index contributed by atoms with van der Waals surface area (Å²) in [5.74, 6) is 0. The first-order valence-electron chi connectivity index (χ1n) is 5.42. The maximum absolute atomic E-state index is 11.5. The molecule has 0 aromatic carbocycles. The van der Waals surface area contributed by atoms with E-state index in [1.54, 1.807) is 5.38 Å². The molecular formula is C11H15ClN2O6S. The molecule has 0 radical (unpaired) electrons. The summed E-state index contributed by atoms with van der Waals surface area (Å²) in [7, 11) is 3.83. The molecule has 0 atom stereocenters. The standard InChI is InChI=1S/C9H12N2O4S.C2H3ClO2/c1-6-4-5-16-7(6)11(8(12)10-2)15-9(13)14-3;1-5-2(3)4/h4-5H,1-3H3,(H,10,12);1H3. The van der Waals surface area contributed by atoms with E-state index >= 15 is 0 Å². The number of methoxy groups -OCH3 is 2. The molecule has 1 aromatic heterocycles. The lowest BCUT2D eigenvalue weighted by atomic mass is 10.4. The third kappa shape index (κ3) is 6.82. The van der Waals surface area contributed by atoms with Crippen LogP contribution in [-0.4, -0.2) is 38.9 Å². The van der Waals surface area contributed by atoms with Crippen LogP contribution in [0.25, 0.3) is 0 Å². The fourth-order valence-corrected chi connectivity index (χ4v) is 1.83. The van der Waals surface area contributed by atoms with Crippen molar-refractivity contribution in [1.29, 1.82) is 0 Å². The minimum absolute atomic E-state index is 0.532. The first kappa shape index (κ1) is 19.0. The Kier molecular flexibility index (Phi) is 8.90. The lowest BCUT2D eigenvalue weighted by Gasteiger charge is -2.18. The Balaban J connectivity index is 0.000000690. The average Bonchev–Trinajstić information content (AvgIpc) is 2.90. The van der Waals surface area contributed by atoms with Crippen molar-refractivity contribution in [3.63, 3.8) is 0 Å². The van der Waals surface area contributed by atoms with Crippen LogP contribution in [-0.2, 0) is 14.3 Å². The Morgan fingerprint density at radius 2 is 1.86 bits per heavy atom. The number of urea groups is 1. The maximum atomic E-state index is 11.5. The number of amides is 2. The van der Waals surface area contributed by atoms with E-state index in [-0.39, 0.29) is 0 Å². The second kappa shape index (κ2) is 9.83. The molecule has 118 valence electrons. The van der Waals surface area contributed by atoms with Crippen LogP contribution in [0.15, 0.2) is 11.4 Å². The summed E-state index contributed by atoms with van der Waals surface area (Å²) < 4.78 is 8.21. The van der Waals surface area contributed by atoms with Gasteiger partial charge in [-0.05, 0) is 23.9 Å². The van der Waals surface area contributed by atoms with Crippen LogP contribution >= 0.6 is 22.9 Å². The highest BCUT2D eigenvalue weighted by atomic mass is 35.5. The molecule has 1 N–H and O–H groups in total. The number of carbonyl (C=O) groups excluding carboxylic acids is 3. The first-order chi connectivity index (χ1) is 9.87. The molecule has 0 aliphatic heterocycles. The molecule has 2 amide bonds. The molecule has 1 aromatic rings. The number of hydrogen-bond acceptors (Lipinski definition) is 7. The van der Waals surface area contributed by atoms with Gasteiger partial charge < -0.3 is 14.8 Å². The minimum Gasteiger partial charge on any atom is -0.457 e. The fourth-order valence-electron chi connectivity index (χ4n) is 0.961. The molecule has 21 heavy (non-hydrogen) atoms.